The summed E-state index contributed by atoms with van der Waals surface area (Å²) in [6.45, 7) is 2.68. The molecule has 0 aromatic carbocycles. The Kier molecular flexibility index (Phi) is 4.92. The molecule has 0 aliphatic heterocycles. The van der Waals surface area contributed by atoms with Crippen LogP contribution < -0.4 is 4.72 Å². The van der Waals surface area contributed by atoms with Crippen LogP contribution in [-0.4, -0.2) is 29.6 Å². The van der Waals surface area contributed by atoms with Gasteiger partial charge in [0.15, 0.2) is 0 Å². The van der Waals surface area contributed by atoms with E-state index in [2.05, 4.69) is 9.71 Å². The summed E-state index contributed by atoms with van der Waals surface area (Å²) in [4.78, 5) is 5.53. The number of thiophene rings is 1. The number of aliphatic hydroxyl groups is 1. The summed E-state index contributed by atoms with van der Waals surface area (Å²) in [5.74, 6) is 0. The van der Waals surface area contributed by atoms with E-state index < -0.39 is 10.0 Å². The molecule has 0 unspecified atom stereocenters. The Morgan fingerprint density at radius 1 is 1.50 bits per heavy atom. The lowest BCUT2D eigenvalue weighted by Gasteiger charge is -2.06. The summed E-state index contributed by atoms with van der Waals surface area (Å²) in [7, 11) is -3.50. The minimum atomic E-state index is -3.50. The number of hydrogen-bond donors (Lipinski definition) is 2. The molecule has 0 atom stereocenters. The normalized spacial score (nSPS) is 11.9. The predicted molar refractivity (Wildman–Crippen MR) is 77.0 cm³/mol. The van der Waals surface area contributed by atoms with Crippen molar-refractivity contribution in [3.8, 4) is 0 Å². The zero-order chi connectivity index (χ0) is 14.6. The van der Waals surface area contributed by atoms with Crippen LogP contribution in [-0.2, 0) is 23.2 Å². The van der Waals surface area contributed by atoms with Gasteiger partial charge in [-0.1, -0.05) is 0 Å². The zero-order valence-corrected chi connectivity index (χ0v) is 12.7. The van der Waals surface area contributed by atoms with Gasteiger partial charge in [0.1, 0.15) is 0 Å². The fourth-order valence-electron chi connectivity index (χ4n) is 1.83. The molecule has 20 heavy (non-hydrogen) atoms. The van der Waals surface area contributed by atoms with Crippen molar-refractivity contribution in [2.24, 2.45) is 0 Å². The number of imidazole rings is 1. The molecule has 110 valence electrons. The van der Waals surface area contributed by atoms with Gasteiger partial charge < -0.3 is 9.67 Å². The summed E-state index contributed by atoms with van der Waals surface area (Å²) in [5, 5.41) is 9.05. The van der Waals surface area contributed by atoms with Gasteiger partial charge in [-0.05, 0) is 19.4 Å². The van der Waals surface area contributed by atoms with Crippen molar-refractivity contribution in [3.05, 3.63) is 34.5 Å². The van der Waals surface area contributed by atoms with E-state index in [1.54, 1.807) is 19.4 Å². The molecule has 2 heterocycles. The van der Waals surface area contributed by atoms with Gasteiger partial charge in [0.25, 0.3) is 0 Å². The first-order valence-corrected chi connectivity index (χ1v) is 8.48. The van der Waals surface area contributed by atoms with Gasteiger partial charge >= 0.3 is 0 Å². The van der Waals surface area contributed by atoms with E-state index in [9.17, 15) is 8.42 Å². The first-order chi connectivity index (χ1) is 9.53. The molecule has 2 aromatic heterocycles. The summed E-state index contributed by atoms with van der Waals surface area (Å²) in [6, 6.07) is 1.53. The van der Waals surface area contributed by atoms with Gasteiger partial charge in [0.05, 0.1) is 17.8 Å². The standard InChI is InChI=1S/C12H17N3O3S2/c1-10-12(7-11(8-16)19-10)20(17,18)14-3-2-5-15-6-4-13-9-15/h4,6-7,9,14,16H,2-3,5,8H2,1H3. The van der Waals surface area contributed by atoms with Crippen LogP contribution in [0.3, 0.4) is 0 Å². The van der Waals surface area contributed by atoms with Crippen LogP contribution in [0.5, 0.6) is 0 Å². The number of sulfonamides is 1. The molecule has 0 fully saturated rings. The Balaban J connectivity index is 1.91. The molecular formula is C12H17N3O3S2. The number of nitrogens with zero attached hydrogens (tertiary/aromatic N) is 2. The molecule has 0 saturated carbocycles. The fraction of sp³-hybridized carbons (Fsp3) is 0.417. The smallest absolute Gasteiger partial charge is 0.241 e. The van der Waals surface area contributed by atoms with Crippen molar-refractivity contribution >= 4 is 21.4 Å². The molecule has 0 aliphatic carbocycles. The first kappa shape index (κ1) is 15.2. The summed E-state index contributed by atoms with van der Waals surface area (Å²) in [5.41, 5.74) is 0. The molecule has 2 aromatic rings. The minimum absolute atomic E-state index is 0.137. The van der Waals surface area contributed by atoms with Gasteiger partial charge in [0.2, 0.25) is 10.0 Å². The Morgan fingerprint density at radius 3 is 2.90 bits per heavy atom. The number of aromatic nitrogens is 2. The van der Waals surface area contributed by atoms with E-state index >= 15 is 0 Å². The molecule has 2 rings (SSSR count). The minimum Gasteiger partial charge on any atom is -0.391 e. The van der Waals surface area contributed by atoms with E-state index in [0.717, 1.165) is 0 Å². The largest absolute Gasteiger partial charge is 0.391 e. The predicted octanol–water partition coefficient (Wildman–Crippen LogP) is 1.11. The van der Waals surface area contributed by atoms with E-state index in [0.29, 0.717) is 29.3 Å². The summed E-state index contributed by atoms with van der Waals surface area (Å²) in [6.07, 6.45) is 5.91. The number of nitrogens with one attached hydrogen (secondary N) is 1. The second-order valence-electron chi connectivity index (χ2n) is 4.34. The molecular weight excluding hydrogens is 298 g/mol. The highest BCUT2D eigenvalue weighted by molar-refractivity contribution is 7.89. The zero-order valence-electron chi connectivity index (χ0n) is 11.1. The maximum absolute atomic E-state index is 12.1. The third-order valence-corrected chi connectivity index (χ3v) is 5.56. The molecule has 6 nitrogen and oxygen atoms in total. The van der Waals surface area contributed by atoms with Crippen molar-refractivity contribution in [2.75, 3.05) is 6.54 Å². The van der Waals surface area contributed by atoms with Crippen LogP contribution in [0.2, 0.25) is 0 Å². The van der Waals surface area contributed by atoms with Crippen LogP contribution in [0.25, 0.3) is 0 Å². The van der Waals surface area contributed by atoms with Crippen molar-refractivity contribution in [1.82, 2.24) is 14.3 Å². The third-order valence-electron chi connectivity index (χ3n) is 2.81. The van der Waals surface area contributed by atoms with Crippen molar-refractivity contribution < 1.29 is 13.5 Å². The van der Waals surface area contributed by atoms with Crippen molar-refractivity contribution in [1.29, 1.82) is 0 Å². The van der Waals surface area contributed by atoms with Gasteiger partial charge in [0, 0.05) is 35.2 Å². The summed E-state index contributed by atoms with van der Waals surface area (Å²) < 4.78 is 28.8. The summed E-state index contributed by atoms with van der Waals surface area (Å²) >= 11 is 1.30. The molecule has 0 saturated heterocycles. The van der Waals surface area contributed by atoms with Crippen molar-refractivity contribution in [2.45, 2.75) is 31.4 Å². The van der Waals surface area contributed by atoms with Crippen LogP contribution in [0, 0.1) is 6.92 Å². The maximum Gasteiger partial charge on any atom is 0.241 e. The van der Waals surface area contributed by atoms with Gasteiger partial charge in [-0.25, -0.2) is 18.1 Å². The molecule has 0 spiro atoms. The fourth-order valence-corrected chi connectivity index (χ4v) is 4.40. The SMILES string of the molecule is Cc1sc(CO)cc1S(=O)(=O)NCCCn1ccnc1. The van der Waals surface area contributed by atoms with Gasteiger partial charge in [-0.2, -0.15) is 0 Å². The van der Waals surface area contributed by atoms with Crippen LogP contribution in [0.4, 0.5) is 0 Å². The second-order valence-corrected chi connectivity index (χ2v) is 7.42. The van der Waals surface area contributed by atoms with Crippen LogP contribution in [0.1, 0.15) is 16.2 Å². The number of aliphatic hydroxyl groups excluding tert-OH is 1. The highest BCUT2D eigenvalue weighted by Crippen LogP contribution is 2.25. The lowest BCUT2D eigenvalue weighted by molar-refractivity contribution is 0.285. The van der Waals surface area contributed by atoms with Crippen LogP contribution >= 0.6 is 11.3 Å². The second kappa shape index (κ2) is 6.49. The third kappa shape index (κ3) is 3.66. The quantitative estimate of drug-likeness (QED) is 0.750. The average Bonchev–Trinajstić information content (AvgIpc) is 3.04. The lowest BCUT2D eigenvalue weighted by Crippen LogP contribution is -2.25. The molecule has 2 N–H and O–H groups in total. The Labute approximate surface area is 122 Å². The molecule has 8 heteroatoms. The highest BCUT2D eigenvalue weighted by atomic mass is 32.2. The molecule has 0 radical (unpaired) electrons. The van der Waals surface area contributed by atoms with E-state index in [-0.39, 0.29) is 11.5 Å². The van der Waals surface area contributed by atoms with Gasteiger partial charge in [-0.15, -0.1) is 11.3 Å². The number of aryl methyl sites for hydroxylation is 2. The van der Waals surface area contributed by atoms with Crippen LogP contribution in [0.15, 0.2) is 29.7 Å². The molecule has 0 amide bonds. The number of rotatable bonds is 7. The Morgan fingerprint density at radius 2 is 2.30 bits per heavy atom. The topological polar surface area (TPSA) is 84.2 Å². The Bertz CT molecular complexity index is 648. The average molecular weight is 315 g/mol. The number of hydrogen-bond acceptors (Lipinski definition) is 5. The van der Waals surface area contributed by atoms with Gasteiger partial charge in [-0.3, -0.25) is 0 Å². The van der Waals surface area contributed by atoms with E-state index in [1.165, 1.54) is 17.4 Å². The molecule has 0 bridgehead atoms. The molecule has 0 aliphatic rings. The Hall–Kier alpha value is -1.22. The maximum atomic E-state index is 12.1. The monoisotopic (exact) mass is 315 g/mol. The van der Waals surface area contributed by atoms with Crippen molar-refractivity contribution in [3.63, 3.8) is 0 Å². The highest BCUT2D eigenvalue weighted by Gasteiger charge is 2.19. The first-order valence-electron chi connectivity index (χ1n) is 6.18. The lowest BCUT2D eigenvalue weighted by atomic mass is 10.4. The van der Waals surface area contributed by atoms with E-state index in [1.807, 2.05) is 10.8 Å². The van der Waals surface area contributed by atoms with E-state index in [4.69, 9.17) is 5.11 Å².